The minimum Gasteiger partial charge on any atom is -0.444 e. The maximum absolute atomic E-state index is 12.7. The van der Waals surface area contributed by atoms with Crippen LogP contribution in [0.15, 0.2) is 68.9 Å². The lowest BCUT2D eigenvalue weighted by Crippen LogP contribution is -2.12. The van der Waals surface area contributed by atoms with E-state index in [1.165, 1.54) is 0 Å². The molecule has 0 fully saturated rings. The van der Waals surface area contributed by atoms with Crippen molar-refractivity contribution in [1.82, 2.24) is 0 Å². The minimum absolute atomic E-state index is 0.0804. The van der Waals surface area contributed by atoms with Crippen molar-refractivity contribution >= 4 is 20.8 Å². The molecular formula is C16H12O4S. The summed E-state index contributed by atoms with van der Waals surface area (Å²) in [6.45, 7) is 0. The van der Waals surface area contributed by atoms with Crippen molar-refractivity contribution in [3.8, 4) is 11.1 Å². The summed E-state index contributed by atoms with van der Waals surface area (Å²) in [6, 6.07) is 15.3. The molecule has 3 aromatic rings. The van der Waals surface area contributed by atoms with Crippen molar-refractivity contribution in [3.63, 3.8) is 0 Å². The van der Waals surface area contributed by atoms with Crippen LogP contribution in [0.2, 0.25) is 0 Å². The molecule has 0 N–H and O–H groups in total. The molecule has 2 aromatic carbocycles. The molecular weight excluding hydrogens is 288 g/mol. The zero-order valence-electron chi connectivity index (χ0n) is 11.2. The van der Waals surface area contributed by atoms with Crippen LogP contribution in [-0.2, 0) is 9.84 Å². The van der Waals surface area contributed by atoms with Crippen molar-refractivity contribution in [2.45, 2.75) is 5.09 Å². The molecule has 106 valence electrons. The number of hydrogen-bond donors (Lipinski definition) is 0. The van der Waals surface area contributed by atoms with Gasteiger partial charge in [0.25, 0.3) is 0 Å². The molecule has 0 atom stereocenters. The van der Waals surface area contributed by atoms with E-state index in [2.05, 4.69) is 0 Å². The molecule has 21 heavy (non-hydrogen) atoms. The third kappa shape index (κ3) is 2.36. The van der Waals surface area contributed by atoms with Crippen LogP contribution in [0.3, 0.4) is 0 Å². The second kappa shape index (κ2) is 4.86. The average molecular weight is 300 g/mol. The Kier molecular flexibility index (Phi) is 3.14. The summed E-state index contributed by atoms with van der Waals surface area (Å²) in [6.07, 6.45) is 1.03. The van der Waals surface area contributed by atoms with E-state index >= 15 is 0 Å². The molecule has 0 aliphatic heterocycles. The van der Waals surface area contributed by atoms with Crippen LogP contribution in [0, 0.1) is 0 Å². The summed E-state index contributed by atoms with van der Waals surface area (Å²) < 4.78 is 29.5. The van der Waals surface area contributed by atoms with Gasteiger partial charge in [-0.1, -0.05) is 42.5 Å². The lowest BCUT2D eigenvalue weighted by molar-refractivity contribution is 0.475. The minimum atomic E-state index is -3.66. The SMILES string of the molecule is CS(=O)(=O)c1oc2ccccc2c(=O)c1-c1ccccc1. The van der Waals surface area contributed by atoms with Gasteiger partial charge in [-0.3, -0.25) is 4.79 Å². The van der Waals surface area contributed by atoms with Gasteiger partial charge in [0.1, 0.15) is 5.58 Å². The Hall–Kier alpha value is -2.40. The highest BCUT2D eigenvalue weighted by Crippen LogP contribution is 2.27. The molecule has 0 aliphatic rings. The van der Waals surface area contributed by atoms with Crippen LogP contribution in [0.25, 0.3) is 22.1 Å². The van der Waals surface area contributed by atoms with Gasteiger partial charge in [0.2, 0.25) is 20.4 Å². The largest absolute Gasteiger partial charge is 0.444 e. The molecule has 0 bridgehead atoms. The monoisotopic (exact) mass is 300 g/mol. The molecule has 0 saturated heterocycles. The Balaban J connectivity index is 2.52. The summed E-state index contributed by atoms with van der Waals surface area (Å²) in [5.41, 5.74) is 0.528. The van der Waals surface area contributed by atoms with Crippen LogP contribution in [0.1, 0.15) is 0 Å². The Labute approximate surface area is 121 Å². The molecule has 0 aliphatic carbocycles. The second-order valence-electron chi connectivity index (χ2n) is 4.73. The average Bonchev–Trinajstić information content (AvgIpc) is 2.47. The highest BCUT2D eigenvalue weighted by Gasteiger charge is 2.23. The van der Waals surface area contributed by atoms with Crippen LogP contribution in [-0.4, -0.2) is 14.7 Å². The van der Waals surface area contributed by atoms with Gasteiger partial charge in [-0.15, -0.1) is 0 Å². The summed E-state index contributed by atoms with van der Waals surface area (Å²) in [7, 11) is -3.66. The Morgan fingerprint density at radius 3 is 2.19 bits per heavy atom. The van der Waals surface area contributed by atoms with E-state index in [4.69, 9.17) is 4.42 Å². The number of fused-ring (bicyclic) bond motifs is 1. The number of rotatable bonds is 2. The quantitative estimate of drug-likeness (QED) is 0.730. The first-order valence-electron chi connectivity index (χ1n) is 6.30. The zero-order chi connectivity index (χ0) is 15.0. The first-order valence-corrected chi connectivity index (χ1v) is 8.19. The molecule has 0 radical (unpaired) electrons. The van der Waals surface area contributed by atoms with E-state index in [0.29, 0.717) is 10.9 Å². The van der Waals surface area contributed by atoms with E-state index in [1.807, 2.05) is 0 Å². The predicted octanol–water partition coefficient (Wildman–Crippen LogP) is 2.86. The fourth-order valence-corrected chi connectivity index (χ4v) is 3.06. The van der Waals surface area contributed by atoms with Gasteiger partial charge in [0.15, 0.2) is 0 Å². The van der Waals surface area contributed by atoms with Gasteiger partial charge in [-0.05, 0) is 17.7 Å². The fraction of sp³-hybridized carbons (Fsp3) is 0.0625. The first-order chi connectivity index (χ1) is 9.98. The van der Waals surface area contributed by atoms with Gasteiger partial charge in [-0.2, -0.15) is 0 Å². The fourth-order valence-electron chi connectivity index (χ4n) is 2.24. The van der Waals surface area contributed by atoms with E-state index < -0.39 is 9.84 Å². The van der Waals surface area contributed by atoms with Crippen molar-refractivity contribution in [3.05, 3.63) is 64.8 Å². The molecule has 5 heteroatoms. The zero-order valence-corrected chi connectivity index (χ0v) is 12.1. The van der Waals surface area contributed by atoms with Gasteiger partial charge < -0.3 is 4.42 Å². The first kappa shape index (κ1) is 13.6. The second-order valence-corrected chi connectivity index (χ2v) is 6.64. The van der Waals surface area contributed by atoms with E-state index in [-0.39, 0.29) is 21.7 Å². The van der Waals surface area contributed by atoms with Crippen LogP contribution < -0.4 is 5.43 Å². The maximum Gasteiger partial charge on any atom is 0.230 e. The van der Waals surface area contributed by atoms with Crippen LogP contribution in [0.4, 0.5) is 0 Å². The number of para-hydroxylation sites is 1. The van der Waals surface area contributed by atoms with E-state index in [9.17, 15) is 13.2 Å². The highest BCUT2D eigenvalue weighted by atomic mass is 32.2. The molecule has 3 rings (SSSR count). The molecule has 0 spiro atoms. The topological polar surface area (TPSA) is 64.3 Å². The van der Waals surface area contributed by atoms with Crippen molar-refractivity contribution in [2.24, 2.45) is 0 Å². The van der Waals surface area contributed by atoms with E-state index in [1.54, 1.807) is 54.6 Å². The van der Waals surface area contributed by atoms with Gasteiger partial charge >= 0.3 is 0 Å². The van der Waals surface area contributed by atoms with Gasteiger partial charge in [-0.25, -0.2) is 8.42 Å². The highest BCUT2D eigenvalue weighted by molar-refractivity contribution is 7.90. The summed E-state index contributed by atoms with van der Waals surface area (Å²) >= 11 is 0. The number of benzene rings is 2. The standard InChI is InChI=1S/C16H12O4S/c1-21(18,19)16-14(11-7-3-2-4-8-11)15(17)12-9-5-6-10-13(12)20-16/h2-10H,1H3. The molecule has 1 heterocycles. The number of hydrogen-bond acceptors (Lipinski definition) is 4. The Bertz CT molecular complexity index is 970. The van der Waals surface area contributed by atoms with Crippen molar-refractivity contribution in [2.75, 3.05) is 6.26 Å². The lowest BCUT2D eigenvalue weighted by atomic mass is 10.1. The third-order valence-corrected chi connectivity index (χ3v) is 4.13. The number of sulfone groups is 1. The van der Waals surface area contributed by atoms with E-state index in [0.717, 1.165) is 6.26 Å². The lowest BCUT2D eigenvalue weighted by Gasteiger charge is -2.08. The summed E-state index contributed by atoms with van der Waals surface area (Å²) in [5, 5.41) is 0.0705. The van der Waals surface area contributed by atoms with Crippen LogP contribution in [0.5, 0.6) is 0 Å². The van der Waals surface area contributed by atoms with Gasteiger partial charge in [0, 0.05) is 6.26 Å². The molecule has 1 aromatic heterocycles. The predicted molar refractivity (Wildman–Crippen MR) is 81.0 cm³/mol. The summed E-state index contributed by atoms with van der Waals surface area (Å²) in [5.74, 6) is 0. The van der Waals surface area contributed by atoms with Crippen molar-refractivity contribution in [1.29, 1.82) is 0 Å². The normalized spacial score (nSPS) is 11.7. The van der Waals surface area contributed by atoms with Crippen LogP contribution >= 0.6 is 0 Å². The smallest absolute Gasteiger partial charge is 0.230 e. The third-order valence-electron chi connectivity index (χ3n) is 3.16. The van der Waals surface area contributed by atoms with Crippen molar-refractivity contribution < 1.29 is 12.8 Å². The van der Waals surface area contributed by atoms with Gasteiger partial charge in [0.05, 0.1) is 10.9 Å². The summed E-state index contributed by atoms with van der Waals surface area (Å²) in [4.78, 5) is 12.7. The molecule has 0 unspecified atom stereocenters. The maximum atomic E-state index is 12.7. The molecule has 0 saturated carbocycles. The molecule has 0 amide bonds. The Morgan fingerprint density at radius 2 is 1.52 bits per heavy atom. The Morgan fingerprint density at radius 1 is 0.905 bits per heavy atom. The molecule has 4 nitrogen and oxygen atoms in total.